The quantitative estimate of drug-likeness (QED) is 0.706. The summed E-state index contributed by atoms with van der Waals surface area (Å²) in [4.78, 5) is 17.4. The third-order valence-corrected chi connectivity index (χ3v) is 5.21. The van der Waals surface area contributed by atoms with E-state index in [-0.39, 0.29) is 5.56 Å². The van der Waals surface area contributed by atoms with Crippen LogP contribution in [0.25, 0.3) is 0 Å². The van der Waals surface area contributed by atoms with Crippen molar-refractivity contribution in [1.82, 2.24) is 4.90 Å². The second-order valence-corrected chi connectivity index (χ2v) is 7.24. The van der Waals surface area contributed by atoms with Crippen molar-refractivity contribution < 1.29 is 18.7 Å². The molecule has 0 bridgehead atoms. The molecule has 30 heavy (non-hydrogen) atoms. The van der Waals surface area contributed by atoms with E-state index in [0.29, 0.717) is 23.8 Å². The van der Waals surface area contributed by atoms with Gasteiger partial charge in [0.1, 0.15) is 17.3 Å². The van der Waals surface area contributed by atoms with Gasteiger partial charge in [0.05, 0.1) is 25.0 Å². The van der Waals surface area contributed by atoms with Crippen molar-refractivity contribution in [2.24, 2.45) is 0 Å². The average Bonchev–Trinajstić information content (AvgIpc) is 2.75. The van der Waals surface area contributed by atoms with Gasteiger partial charge in [-0.05, 0) is 44.2 Å². The van der Waals surface area contributed by atoms with Crippen molar-refractivity contribution in [3.05, 3.63) is 47.8 Å². The SMILES string of the molecule is CCCN1CCN(c2ccc(NC(=O)c3ccc(OC)cc3F)c(OCC)c2)CC1. The fourth-order valence-corrected chi connectivity index (χ4v) is 3.63. The molecule has 3 rings (SSSR count). The number of anilines is 2. The van der Waals surface area contributed by atoms with Crippen LogP contribution in [0.15, 0.2) is 36.4 Å². The summed E-state index contributed by atoms with van der Waals surface area (Å²) >= 11 is 0. The number of ether oxygens (including phenoxy) is 2. The summed E-state index contributed by atoms with van der Waals surface area (Å²) in [7, 11) is 1.45. The van der Waals surface area contributed by atoms with Gasteiger partial charge in [0.2, 0.25) is 0 Å². The van der Waals surface area contributed by atoms with Crippen LogP contribution in [0.5, 0.6) is 11.5 Å². The topological polar surface area (TPSA) is 54.0 Å². The molecule has 0 saturated carbocycles. The van der Waals surface area contributed by atoms with Crippen LogP contribution in [0.1, 0.15) is 30.6 Å². The number of hydrogen-bond donors (Lipinski definition) is 1. The number of amides is 1. The van der Waals surface area contributed by atoms with Gasteiger partial charge in [0.25, 0.3) is 5.91 Å². The van der Waals surface area contributed by atoms with Crippen molar-refractivity contribution in [2.75, 3.05) is 56.7 Å². The highest BCUT2D eigenvalue weighted by Gasteiger charge is 2.19. The highest BCUT2D eigenvalue weighted by molar-refractivity contribution is 6.05. The number of piperazine rings is 1. The highest BCUT2D eigenvalue weighted by Crippen LogP contribution is 2.31. The van der Waals surface area contributed by atoms with E-state index in [1.807, 2.05) is 25.1 Å². The number of methoxy groups -OCH3 is 1. The van der Waals surface area contributed by atoms with Gasteiger partial charge in [-0.1, -0.05) is 6.92 Å². The molecule has 1 aliphatic rings. The van der Waals surface area contributed by atoms with Gasteiger partial charge >= 0.3 is 0 Å². The second-order valence-electron chi connectivity index (χ2n) is 7.24. The van der Waals surface area contributed by atoms with E-state index in [2.05, 4.69) is 22.0 Å². The molecule has 0 radical (unpaired) electrons. The van der Waals surface area contributed by atoms with Crippen molar-refractivity contribution in [3.63, 3.8) is 0 Å². The minimum atomic E-state index is -0.633. The van der Waals surface area contributed by atoms with Crippen molar-refractivity contribution >= 4 is 17.3 Å². The maximum absolute atomic E-state index is 14.2. The molecule has 6 nitrogen and oxygen atoms in total. The molecule has 1 aliphatic heterocycles. The van der Waals surface area contributed by atoms with E-state index in [4.69, 9.17) is 9.47 Å². The summed E-state index contributed by atoms with van der Waals surface area (Å²) in [5.41, 5.74) is 1.53. The Morgan fingerprint density at radius 2 is 1.87 bits per heavy atom. The van der Waals surface area contributed by atoms with Gasteiger partial charge < -0.3 is 19.7 Å². The Kier molecular flexibility index (Phi) is 7.52. The number of benzene rings is 2. The Balaban J connectivity index is 1.74. The molecule has 0 aromatic heterocycles. The maximum atomic E-state index is 14.2. The minimum absolute atomic E-state index is 0.0469. The van der Waals surface area contributed by atoms with E-state index < -0.39 is 11.7 Å². The number of halogens is 1. The zero-order valence-corrected chi connectivity index (χ0v) is 17.9. The Hall–Kier alpha value is -2.80. The van der Waals surface area contributed by atoms with Crippen molar-refractivity contribution in [1.29, 1.82) is 0 Å². The monoisotopic (exact) mass is 415 g/mol. The molecule has 1 N–H and O–H groups in total. The normalized spacial score (nSPS) is 14.5. The fourth-order valence-electron chi connectivity index (χ4n) is 3.63. The lowest BCUT2D eigenvalue weighted by Gasteiger charge is -2.36. The number of nitrogens with one attached hydrogen (secondary N) is 1. The summed E-state index contributed by atoms with van der Waals surface area (Å²) in [6.07, 6.45) is 1.16. The smallest absolute Gasteiger partial charge is 0.258 e. The van der Waals surface area contributed by atoms with Crippen LogP contribution >= 0.6 is 0 Å². The number of carbonyl (C=O) groups is 1. The molecule has 1 heterocycles. The van der Waals surface area contributed by atoms with Crippen LogP contribution < -0.4 is 19.7 Å². The first-order valence-electron chi connectivity index (χ1n) is 10.4. The fraction of sp³-hybridized carbons (Fsp3) is 0.435. The van der Waals surface area contributed by atoms with Gasteiger partial charge in [-0.2, -0.15) is 0 Å². The number of nitrogens with zero attached hydrogens (tertiary/aromatic N) is 2. The summed E-state index contributed by atoms with van der Waals surface area (Å²) in [5, 5.41) is 2.77. The first kappa shape index (κ1) is 21.9. The Morgan fingerprint density at radius 1 is 1.10 bits per heavy atom. The predicted octanol–water partition coefficient (Wildman–Crippen LogP) is 4.02. The predicted molar refractivity (Wildman–Crippen MR) is 117 cm³/mol. The van der Waals surface area contributed by atoms with Crippen LogP contribution in [0, 0.1) is 5.82 Å². The van der Waals surface area contributed by atoms with Crippen LogP contribution in [0.3, 0.4) is 0 Å². The molecule has 7 heteroatoms. The second kappa shape index (κ2) is 10.3. The molecule has 2 aromatic carbocycles. The van der Waals surface area contributed by atoms with Crippen molar-refractivity contribution in [2.45, 2.75) is 20.3 Å². The lowest BCUT2D eigenvalue weighted by molar-refractivity contribution is 0.102. The van der Waals surface area contributed by atoms with Gasteiger partial charge in [0, 0.05) is 44.0 Å². The van der Waals surface area contributed by atoms with E-state index >= 15 is 0 Å². The lowest BCUT2D eigenvalue weighted by Crippen LogP contribution is -2.46. The first-order valence-corrected chi connectivity index (χ1v) is 10.4. The Bertz CT molecular complexity index is 867. The molecule has 1 fully saturated rings. The molecule has 1 saturated heterocycles. The average molecular weight is 416 g/mol. The van der Waals surface area contributed by atoms with Gasteiger partial charge in [-0.3, -0.25) is 9.69 Å². The summed E-state index contributed by atoms with van der Waals surface area (Å²) in [6.45, 7) is 9.66. The van der Waals surface area contributed by atoms with Gasteiger partial charge in [0.15, 0.2) is 0 Å². The van der Waals surface area contributed by atoms with Gasteiger partial charge in [-0.15, -0.1) is 0 Å². The van der Waals surface area contributed by atoms with E-state index in [1.54, 1.807) is 6.07 Å². The third-order valence-electron chi connectivity index (χ3n) is 5.21. The Morgan fingerprint density at radius 3 is 2.50 bits per heavy atom. The van der Waals surface area contributed by atoms with E-state index in [9.17, 15) is 9.18 Å². The largest absolute Gasteiger partial charge is 0.497 e. The lowest BCUT2D eigenvalue weighted by atomic mass is 10.1. The van der Waals surface area contributed by atoms with E-state index in [0.717, 1.165) is 44.8 Å². The zero-order chi connectivity index (χ0) is 21.5. The molecule has 162 valence electrons. The molecular weight excluding hydrogens is 385 g/mol. The van der Waals surface area contributed by atoms with Gasteiger partial charge in [-0.25, -0.2) is 4.39 Å². The molecule has 0 unspecified atom stereocenters. The van der Waals surface area contributed by atoms with Crippen LogP contribution in [0.2, 0.25) is 0 Å². The Labute approximate surface area is 177 Å². The third kappa shape index (κ3) is 5.21. The highest BCUT2D eigenvalue weighted by atomic mass is 19.1. The molecule has 0 atom stereocenters. The molecule has 2 aromatic rings. The standard InChI is InChI=1S/C23H30FN3O3/c1-4-10-26-11-13-27(14-12-26)17-6-9-21(22(15-17)30-5-2)25-23(28)19-8-7-18(29-3)16-20(19)24/h6-9,15-16H,4-5,10-14H2,1-3H3,(H,25,28). The number of rotatable bonds is 8. The summed E-state index contributed by atoms with van der Waals surface area (Å²) in [5.74, 6) is -0.223. The summed E-state index contributed by atoms with van der Waals surface area (Å²) in [6, 6.07) is 9.89. The molecular formula is C23H30FN3O3. The first-order chi connectivity index (χ1) is 14.5. The minimum Gasteiger partial charge on any atom is -0.497 e. The molecule has 1 amide bonds. The maximum Gasteiger partial charge on any atom is 0.258 e. The van der Waals surface area contributed by atoms with E-state index in [1.165, 1.54) is 19.2 Å². The zero-order valence-electron chi connectivity index (χ0n) is 17.9. The number of carbonyl (C=O) groups excluding carboxylic acids is 1. The summed E-state index contributed by atoms with van der Waals surface area (Å²) < 4.78 is 25.0. The van der Waals surface area contributed by atoms with Crippen LogP contribution in [-0.2, 0) is 0 Å². The van der Waals surface area contributed by atoms with Crippen LogP contribution in [-0.4, -0.2) is 57.2 Å². The van der Waals surface area contributed by atoms with Crippen molar-refractivity contribution in [3.8, 4) is 11.5 Å². The molecule has 0 aliphatic carbocycles. The molecule has 0 spiro atoms. The number of hydrogen-bond acceptors (Lipinski definition) is 5. The van der Waals surface area contributed by atoms with Crippen LogP contribution in [0.4, 0.5) is 15.8 Å².